The molecule has 2 unspecified atom stereocenters. The molecule has 1 heterocycles. The van der Waals surface area contributed by atoms with Gasteiger partial charge in [-0.25, -0.2) is 0 Å². The van der Waals surface area contributed by atoms with Crippen LogP contribution in [0.1, 0.15) is 10.4 Å². The van der Waals surface area contributed by atoms with Crippen molar-refractivity contribution in [3.63, 3.8) is 0 Å². The van der Waals surface area contributed by atoms with Gasteiger partial charge in [0.15, 0.2) is 0 Å². The first-order valence-corrected chi connectivity index (χ1v) is 6.89. The van der Waals surface area contributed by atoms with Crippen LogP contribution in [0.4, 0.5) is 5.69 Å². The van der Waals surface area contributed by atoms with Gasteiger partial charge in [-0.2, -0.15) is 0 Å². The minimum Gasteiger partial charge on any atom is -0.391 e. The van der Waals surface area contributed by atoms with E-state index in [0.717, 1.165) is 0 Å². The smallest absolute Gasteiger partial charge is 0.283 e. The van der Waals surface area contributed by atoms with Gasteiger partial charge in [-0.05, 0) is 12.1 Å². The minimum absolute atomic E-state index is 0. The van der Waals surface area contributed by atoms with Crippen molar-refractivity contribution in [1.29, 1.82) is 0 Å². The van der Waals surface area contributed by atoms with E-state index in [1.54, 1.807) is 6.07 Å². The Bertz CT molecular complexity index is 543. The largest absolute Gasteiger partial charge is 0.391 e. The van der Waals surface area contributed by atoms with Gasteiger partial charge in [0.1, 0.15) is 5.56 Å². The molecule has 0 spiro atoms. The van der Waals surface area contributed by atoms with Gasteiger partial charge in [0.2, 0.25) is 0 Å². The van der Waals surface area contributed by atoms with E-state index in [-0.39, 0.29) is 36.1 Å². The summed E-state index contributed by atoms with van der Waals surface area (Å²) in [6, 6.07) is 4.27. The number of β-amino-alcohol motifs (C(OH)–C–C–N with tert-alkyl or cyclic N) is 1. The lowest BCUT2D eigenvalue weighted by molar-refractivity contribution is -0.385. The zero-order valence-corrected chi connectivity index (χ0v) is 13.3. The van der Waals surface area contributed by atoms with Gasteiger partial charge >= 0.3 is 0 Å². The number of rotatable bonds is 4. The first-order valence-electron chi connectivity index (χ1n) is 6.10. The van der Waals surface area contributed by atoms with Crippen LogP contribution in [-0.2, 0) is 0 Å². The standard InChI is InChI=1S/C12H14BrN3O4.ClH/c13-8-1-2-9(10(3-8)16(19)20)12(18)15-5-7-4-14-6-11(7)17;/h1-3,7,11,14,17H,4-6H2,(H,15,18);1H. The van der Waals surface area contributed by atoms with Gasteiger partial charge < -0.3 is 15.7 Å². The van der Waals surface area contributed by atoms with Crippen molar-refractivity contribution in [3.05, 3.63) is 38.3 Å². The van der Waals surface area contributed by atoms with Gasteiger partial charge in [-0.15, -0.1) is 12.4 Å². The summed E-state index contributed by atoms with van der Waals surface area (Å²) in [5.74, 6) is -0.586. The highest BCUT2D eigenvalue weighted by Gasteiger charge is 2.26. The second-order valence-corrected chi connectivity index (χ2v) is 5.53. The molecular weight excluding hydrogens is 366 g/mol. The van der Waals surface area contributed by atoms with Crippen molar-refractivity contribution in [2.24, 2.45) is 5.92 Å². The summed E-state index contributed by atoms with van der Waals surface area (Å²) in [5, 5.41) is 26.2. The Morgan fingerprint density at radius 2 is 2.24 bits per heavy atom. The number of nitrogens with one attached hydrogen (secondary N) is 2. The van der Waals surface area contributed by atoms with Crippen molar-refractivity contribution < 1.29 is 14.8 Å². The maximum absolute atomic E-state index is 12.0. The number of aliphatic hydroxyl groups is 1. The normalized spacial score (nSPS) is 20.7. The summed E-state index contributed by atoms with van der Waals surface area (Å²) in [6.07, 6.45) is -0.504. The van der Waals surface area contributed by atoms with Crippen LogP contribution in [0.15, 0.2) is 22.7 Å². The molecule has 1 saturated heterocycles. The van der Waals surface area contributed by atoms with Crippen molar-refractivity contribution in [3.8, 4) is 0 Å². The van der Waals surface area contributed by atoms with Crippen LogP contribution in [0, 0.1) is 16.0 Å². The van der Waals surface area contributed by atoms with Gasteiger partial charge in [-0.3, -0.25) is 14.9 Å². The van der Waals surface area contributed by atoms with Gasteiger partial charge in [-0.1, -0.05) is 15.9 Å². The zero-order chi connectivity index (χ0) is 14.7. The van der Waals surface area contributed by atoms with Gasteiger partial charge in [0, 0.05) is 36.1 Å². The molecule has 9 heteroatoms. The molecule has 2 atom stereocenters. The lowest BCUT2D eigenvalue weighted by Gasteiger charge is -2.14. The molecule has 0 saturated carbocycles. The van der Waals surface area contributed by atoms with Crippen LogP contribution in [0.2, 0.25) is 0 Å². The van der Waals surface area contributed by atoms with Crippen molar-refractivity contribution in [2.75, 3.05) is 19.6 Å². The van der Waals surface area contributed by atoms with Gasteiger partial charge in [0.05, 0.1) is 11.0 Å². The second-order valence-electron chi connectivity index (χ2n) is 4.61. The third kappa shape index (κ3) is 4.37. The number of amides is 1. The first kappa shape index (κ1) is 17.8. The number of benzene rings is 1. The number of nitro benzene ring substituents is 1. The Kier molecular flexibility index (Phi) is 6.53. The number of carbonyl (C=O) groups is 1. The summed E-state index contributed by atoms with van der Waals surface area (Å²) in [6.45, 7) is 1.39. The maximum Gasteiger partial charge on any atom is 0.283 e. The molecule has 1 aromatic carbocycles. The second kappa shape index (κ2) is 7.69. The maximum atomic E-state index is 12.0. The van der Waals surface area contributed by atoms with Crippen molar-refractivity contribution in [2.45, 2.75) is 6.10 Å². The predicted molar refractivity (Wildman–Crippen MR) is 82.7 cm³/mol. The Morgan fingerprint density at radius 3 is 2.81 bits per heavy atom. The number of aliphatic hydroxyl groups excluding tert-OH is 1. The fraction of sp³-hybridized carbons (Fsp3) is 0.417. The summed E-state index contributed by atoms with van der Waals surface area (Å²) in [4.78, 5) is 22.4. The summed E-state index contributed by atoms with van der Waals surface area (Å²) >= 11 is 3.14. The van der Waals surface area contributed by atoms with Crippen LogP contribution < -0.4 is 10.6 Å². The monoisotopic (exact) mass is 379 g/mol. The molecule has 1 amide bonds. The van der Waals surface area contributed by atoms with Crippen molar-refractivity contribution in [1.82, 2.24) is 10.6 Å². The highest BCUT2D eigenvalue weighted by Crippen LogP contribution is 2.23. The molecule has 21 heavy (non-hydrogen) atoms. The van der Waals surface area contributed by atoms with E-state index in [4.69, 9.17) is 0 Å². The molecule has 3 N–H and O–H groups in total. The Hall–Kier alpha value is -1.22. The van der Waals surface area contributed by atoms with E-state index in [1.807, 2.05) is 0 Å². The SMILES string of the molecule is Cl.O=C(NCC1CNCC1O)c1ccc(Br)cc1[N+](=O)[O-]. The third-order valence-electron chi connectivity index (χ3n) is 3.23. The van der Waals surface area contributed by atoms with E-state index in [2.05, 4.69) is 26.6 Å². The quantitative estimate of drug-likeness (QED) is 0.536. The van der Waals surface area contributed by atoms with Gasteiger partial charge in [0.25, 0.3) is 11.6 Å². The fourth-order valence-electron chi connectivity index (χ4n) is 2.09. The topological polar surface area (TPSA) is 104 Å². The number of halogens is 2. The number of nitro groups is 1. The Labute approximate surface area is 135 Å². The molecule has 1 aliphatic heterocycles. The Morgan fingerprint density at radius 1 is 1.52 bits per heavy atom. The highest BCUT2D eigenvalue weighted by molar-refractivity contribution is 9.10. The molecule has 1 fully saturated rings. The van der Waals surface area contributed by atoms with E-state index in [0.29, 0.717) is 17.6 Å². The molecule has 0 radical (unpaired) electrons. The van der Waals surface area contributed by atoms with E-state index in [9.17, 15) is 20.0 Å². The molecular formula is C12H15BrClN3O4. The average Bonchev–Trinajstić information content (AvgIpc) is 2.81. The predicted octanol–water partition coefficient (Wildman–Crippen LogP) is 1.09. The molecule has 0 aromatic heterocycles. The number of hydrogen-bond donors (Lipinski definition) is 3. The van der Waals surface area contributed by atoms with E-state index < -0.39 is 16.9 Å². The molecule has 2 rings (SSSR count). The molecule has 7 nitrogen and oxygen atoms in total. The average molecular weight is 381 g/mol. The number of nitrogens with zero attached hydrogens (tertiary/aromatic N) is 1. The highest BCUT2D eigenvalue weighted by atomic mass is 79.9. The molecule has 1 aromatic rings. The first-order chi connectivity index (χ1) is 9.49. The van der Waals surface area contributed by atoms with Crippen LogP contribution in [0.3, 0.4) is 0 Å². The van der Waals surface area contributed by atoms with E-state index in [1.165, 1.54) is 12.1 Å². The molecule has 116 valence electrons. The summed E-state index contributed by atoms with van der Waals surface area (Å²) in [5.41, 5.74) is -0.236. The zero-order valence-electron chi connectivity index (χ0n) is 10.9. The fourth-order valence-corrected chi connectivity index (χ4v) is 2.44. The van der Waals surface area contributed by atoms with Crippen molar-refractivity contribution >= 4 is 39.9 Å². The lowest BCUT2D eigenvalue weighted by Crippen LogP contribution is -2.34. The lowest BCUT2D eigenvalue weighted by atomic mass is 10.1. The molecule has 0 bridgehead atoms. The van der Waals surface area contributed by atoms with E-state index >= 15 is 0 Å². The number of carbonyl (C=O) groups excluding carboxylic acids is 1. The minimum atomic E-state index is -0.592. The van der Waals surface area contributed by atoms with Crippen LogP contribution >= 0.6 is 28.3 Å². The van der Waals surface area contributed by atoms with Crippen LogP contribution in [0.5, 0.6) is 0 Å². The number of hydrogen-bond acceptors (Lipinski definition) is 5. The summed E-state index contributed by atoms with van der Waals surface area (Å²) < 4.78 is 0.538. The molecule has 1 aliphatic rings. The summed E-state index contributed by atoms with van der Waals surface area (Å²) in [7, 11) is 0. The molecule has 0 aliphatic carbocycles. The third-order valence-corrected chi connectivity index (χ3v) is 3.72. The van der Waals surface area contributed by atoms with Crippen LogP contribution in [0.25, 0.3) is 0 Å². The Balaban J connectivity index is 0.00000220. The van der Waals surface area contributed by atoms with Crippen LogP contribution in [-0.4, -0.2) is 41.7 Å².